The van der Waals surface area contributed by atoms with Crippen molar-refractivity contribution in [2.75, 3.05) is 0 Å². The van der Waals surface area contributed by atoms with Crippen LogP contribution in [-0.2, 0) is 9.53 Å². The van der Waals surface area contributed by atoms with Crippen molar-refractivity contribution in [1.29, 1.82) is 0 Å². The van der Waals surface area contributed by atoms with E-state index < -0.39 is 30.1 Å². The average Bonchev–Trinajstić information content (AvgIpc) is 2.79. The number of carbonyl (C=O) groups excluding carboxylic acids is 1. The summed E-state index contributed by atoms with van der Waals surface area (Å²) in [5.41, 5.74) is -0.802. The minimum atomic E-state index is -2.37. The van der Waals surface area contributed by atoms with Gasteiger partial charge in [0, 0.05) is 0 Å². The Bertz CT molecular complexity index is 372. The Labute approximate surface area is 146 Å². The molecule has 4 heteroatoms. The summed E-state index contributed by atoms with van der Waals surface area (Å²) in [6.45, 7) is 8.66. The fourth-order valence-electron chi connectivity index (χ4n) is 3.41. The van der Waals surface area contributed by atoms with Crippen molar-refractivity contribution < 1.29 is 14.6 Å². The van der Waals surface area contributed by atoms with Crippen molar-refractivity contribution >= 4 is 24.3 Å². The molecule has 1 fully saturated rings. The Hall–Kier alpha value is -0.0313. The molecule has 0 bridgehead atoms. The molecule has 1 heterocycles. The monoisotopic (exact) mass is 432 g/mol. The molecular weight excluding hydrogens is 395 g/mol. The molecular formula is C19H36O3Sn. The van der Waals surface area contributed by atoms with Gasteiger partial charge >= 0.3 is 147 Å². The average molecular weight is 431 g/mol. The molecule has 134 valence electrons. The number of cyclic esters (lactones) is 1. The van der Waals surface area contributed by atoms with E-state index in [-0.39, 0.29) is 12.4 Å². The van der Waals surface area contributed by atoms with Crippen molar-refractivity contribution in [2.24, 2.45) is 0 Å². The molecule has 1 aliphatic rings. The second-order valence-electron chi connectivity index (χ2n) is 7.38. The zero-order chi connectivity index (χ0) is 17.3. The fraction of sp³-hybridized carbons (Fsp3) is 0.842. The van der Waals surface area contributed by atoms with Crippen LogP contribution in [0.3, 0.4) is 0 Å². The molecule has 0 unspecified atom stereocenters. The van der Waals surface area contributed by atoms with E-state index >= 15 is 0 Å². The third-order valence-corrected chi connectivity index (χ3v) is 19.3. The summed E-state index contributed by atoms with van der Waals surface area (Å²) >= 11 is -2.37. The van der Waals surface area contributed by atoms with Crippen LogP contribution >= 0.6 is 0 Å². The zero-order valence-electron chi connectivity index (χ0n) is 15.6. The summed E-state index contributed by atoms with van der Waals surface area (Å²) in [5.74, 6) is -0.277. The predicted octanol–water partition coefficient (Wildman–Crippen LogP) is 5.00. The van der Waals surface area contributed by atoms with Crippen LogP contribution in [0.25, 0.3) is 0 Å². The number of aliphatic hydroxyl groups excluding tert-OH is 1. The maximum atomic E-state index is 11.5. The molecule has 0 aromatic heterocycles. The summed E-state index contributed by atoms with van der Waals surface area (Å²) in [5, 5.41) is 10.2. The molecule has 2 atom stereocenters. The normalized spacial score (nSPS) is 25.3. The van der Waals surface area contributed by atoms with Gasteiger partial charge in [0.25, 0.3) is 0 Å². The van der Waals surface area contributed by atoms with E-state index in [1.165, 1.54) is 51.8 Å². The van der Waals surface area contributed by atoms with Gasteiger partial charge in [0.05, 0.1) is 0 Å². The second-order valence-corrected chi connectivity index (χ2v) is 20.4. The summed E-state index contributed by atoms with van der Waals surface area (Å²) in [7, 11) is 0. The molecule has 0 saturated carbocycles. The van der Waals surface area contributed by atoms with Gasteiger partial charge in [-0.15, -0.1) is 0 Å². The van der Waals surface area contributed by atoms with E-state index in [1.54, 1.807) is 0 Å². The van der Waals surface area contributed by atoms with Crippen molar-refractivity contribution in [2.45, 2.75) is 97.7 Å². The van der Waals surface area contributed by atoms with Gasteiger partial charge < -0.3 is 0 Å². The van der Waals surface area contributed by atoms with Crippen LogP contribution in [0.5, 0.6) is 0 Å². The van der Waals surface area contributed by atoms with Gasteiger partial charge in [0.2, 0.25) is 0 Å². The molecule has 1 aliphatic heterocycles. The van der Waals surface area contributed by atoms with Gasteiger partial charge in [-0.25, -0.2) is 0 Å². The molecule has 0 aromatic carbocycles. The van der Waals surface area contributed by atoms with Gasteiger partial charge in [-0.1, -0.05) is 0 Å². The third kappa shape index (κ3) is 6.41. The molecule has 3 nitrogen and oxygen atoms in total. The molecule has 0 aromatic rings. The van der Waals surface area contributed by atoms with Gasteiger partial charge in [-0.2, -0.15) is 0 Å². The minimum absolute atomic E-state index is 0.127. The Morgan fingerprint density at radius 3 is 1.96 bits per heavy atom. The molecule has 1 saturated heterocycles. The molecule has 0 aliphatic carbocycles. The first kappa shape index (κ1) is 21.0. The van der Waals surface area contributed by atoms with E-state index in [0.29, 0.717) is 0 Å². The van der Waals surface area contributed by atoms with E-state index in [4.69, 9.17) is 4.74 Å². The standard InChI is InChI=1S/C7H9O3.3C4H9.Sn/c1-3-7(2)5(8)4-6(9)10-7;3*1-3-4-2;/h1,3,5,8H,4H2,2H3;3*1,3-4H2,2H3;/t5-,7+;;;;/m0..../s1. The molecule has 0 radical (unpaired) electrons. The van der Waals surface area contributed by atoms with Crippen molar-refractivity contribution in [3.8, 4) is 0 Å². The summed E-state index contributed by atoms with van der Waals surface area (Å²) in [4.78, 5) is 11.5. The summed E-state index contributed by atoms with van der Waals surface area (Å²) < 4.78 is 12.1. The SMILES string of the molecule is CCC[CH2][Sn](/[CH]=C/[C@@]1(C)OC(=O)C[C@@H]1O)([CH2]CCC)[CH2]CCC. The number of rotatable bonds is 11. The van der Waals surface area contributed by atoms with Crippen LogP contribution in [0.15, 0.2) is 10.2 Å². The number of esters is 1. The number of ether oxygens (including phenoxy) is 1. The Morgan fingerprint density at radius 1 is 1.13 bits per heavy atom. The number of carbonyl (C=O) groups is 1. The first-order valence-electron chi connectivity index (χ1n) is 9.51. The van der Waals surface area contributed by atoms with Crippen LogP contribution in [-0.4, -0.2) is 41.2 Å². The number of aliphatic hydroxyl groups is 1. The van der Waals surface area contributed by atoms with Gasteiger partial charge in [-0.05, 0) is 0 Å². The quantitative estimate of drug-likeness (QED) is 0.370. The van der Waals surface area contributed by atoms with Crippen LogP contribution < -0.4 is 0 Å². The van der Waals surface area contributed by atoms with E-state index in [9.17, 15) is 9.90 Å². The van der Waals surface area contributed by atoms with Gasteiger partial charge in [0.1, 0.15) is 0 Å². The second kappa shape index (κ2) is 10.1. The van der Waals surface area contributed by atoms with Crippen LogP contribution in [0.1, 0.15) is 72.6 Å². The number of unbranched alkanes of at least 4 members (excludes halogenated alkanes) is 3. The molecule has 0 amide bonds. The summed E-state index contributed by atoms with van der Waals surface area (Å²) in [6.07, 6.45) is 9.19. The fourth-order valence-corrected chi connectivity index (χ4v) is 18.0. The maximum absolute atomic E-state index is 11.5. The Kier molecular flexibility index (Phi) is 9.20. The van der Waals surface area contributed by atoms with Gasteiger partial charge in [-0.3, -0.25) is 0 Å². The van der Waals surface area contributed by atoms with Crippen LogP contribution in [0.2, 0.25) is 13.3 Å². The molecule has 1 N–H and O–H groups in total. The Morgan fingerprint density at radius 2 is 1.61 bits per heavy atom. The molecule has 23 heavy (non-hydrogen) atoms. The van der Waals surface area contributed by atoms with Crippen molar-refractivity contribution in [3.63, 3.8) is 0 Å². The van der Waals surface area contributed by atoms with E-state index in [0.717, 1.165) is 0 Å². The van der Waals surface area contributed by atoms with Crippen LogP contribution in [0, 0.1) is 0 Å². The van der Waals surface area contributed by atoms with Crippen LogP contribution in [0.4, 0.5) is 0 Å². The topological polar surface area (TPSA) is 46.5 Å². The van der Waals surface area contributed by atoms with Gasteiger partial charge in [0.15, 0.2) is 0 Å². The third-order valence-electron chi connectivity index (χ3n) is 5.21. The van der Waals surface area contributed by atoms with Crippen molar-refractivity contribution in [3.05, 3.63) is 10.2 Å². The van der Waals surface area contributed by atoms with E-state index in [2.05, 4.69) is 30.9 Å². The van der Waals surface area contributed by atoms with E-state index in [1.807, 2.05) is 6.92 Å². The Balaban J connectivity index is 2.95. The van der Waals surface area contributed by atoms with Crippen molar-refractivity contribution in [1.82, 2.24) is 0 Å². The summed E-state index contributed by atoms with van der Waals surface area (Å²) in [6, 6.07) is 0. The first-order chi connectivity index (χ1) is 10.9. The number of hydrogen-bond donors (Lipinski definition) is 1. The molecule has 0 spiro atoms. The number of hydrogen-bond acceptors (Lipinski definition) is 3. The predicted molar refractivity (Wildman–Crippen MR) is 99.2 cm³/mol. The molecule has 1 rings (SSSR count). The zero-order valence-corrected chi connectivity index (χ0v) is 18.4. The first-order valence-corrected chi connectivity index (χ1v) is 17.2.